The Kier molecular flexibility index (Phi) is 5.76. The summed E-state index contributed by atoms with van der Waals surface area (Å²) in [7, 11) is 0. The van der Waals surface area contributed by atoms with Gasteiger partial charge in [0.2, 0.25) is 0 Å². The summed E-state index contributed by atoms with van der Waals surface area (Å²) < 4.78 is 9.15. The molecular weight excluding hydrogens is 708 g/mol. The van der Waals surface area contributed by atoms with Gasteiger partial charge in [-0.05, 0) is 0 Å². The summed E-state index contributed by atoms with van der Waals surface area (Å²) >= 11 is 16.8. The summed E-state index contributed by atoms with van der Waals surface area (Å²) in [4.78, 5) is 0. The van der Waals surface area contributed by atoms with Gasteiger partial charge in [-0.3, -0.25) is 0 Å². The van der Waals surface area contributed by atoms with Gasteiger partial charge in [-0.2, -0.15) is 0 Å². The van der Waals surface area contributed by atoms with E-state index < -0.39 is 0 Å². The molecule has 2 aliphatic rings. The zero-order valence-electron chi connectivity index (χ0n) is 6.14. The third-order valence-corrected chi connectivity index (χ3v) is 23.6. The van der Waals surface area contributed by atoms with E-state index in [1.54, 1.807) is 6.74 Å². The van der Waals surface area contributed by atoms with Crippen LogP contribution in [0.2, 0.25) is 0 Å². The van der Waals surface area contributed by atoms with E-state index in [4.69, 9.17) is 0 Å². The second-order valence-corrected chi connectivity index (χ2v) is 21.2. The molecule has 0 bridgehead atoms. The van der Waals surface area contributed by atoms with Gasteiger partial charge in [0.25, 0.3) is 0 Å². The van der Waals surface area contributed by atoms with Crippen molar-refractivity contribution in [2.75, 3.05) is 0 Å². The fraction of sp³-hybridized carbons (Fsp3) is 0. The first-order valence-electron chi connectivity index (χ1n) is 3.14. The Bertz CT molecular complexity index is 315. The average Bonchev–Trinajstić information content (AvgIpc) is 2.60. The quantitative estimate of drug-likeness (QED) is 0.341. The zero-order valence-corrected chi connectivity index (χ0v) is 19.3. The van der Waals surface area contributed by atoms with Crippen molar-refractivity contribution in [2.24, 2.45) is 0 Å². The molecule has 0 spiro atoms. The normalized spacial score (nSPS) is 23.1. The van der Waals surface area contributed by atoms with Crippen molar-refractivity contribution in [3.63, 3.8) is 0 Å². The van der Waals surface area contributed by atoms with Gasteiger partial charge in [-0.1, -0.05) is 0 Å². The molecule has 0 radical (unpaired) electrons. The van der Waals surface area contributed by atoms with Crippen molar-refractivity contribution >= 4 is 124 Å². The molecule has 0 aromatic heterocycles. The number of halogens is 4. The van der Waals surface area contributed by atoms with Gasteiger partial charge in [0, 0.05) is 0 Å². The van der Waals surface area contributed by atoms with E-state index in [0.717, 1.165) is 0 Å². The molecule has 0 saturated carbocycles. The Morgan fingerprint density at radius 3 is 0.929 bits per heavy atom. The Hall–Kier alpha value is 3.22. The topological polar surface area (TPSA) is 0 Å². The van der Waals surface area contributed by atoms with Crippen molar-refractivity contribution < 1.29 is 0 Å². The summed E-state index contributed by atoms with van der Waals surface area (Å²) in [6.07, 6.45) is 0. The van der Waals surface area contributed by atoms with Crippen LogP contribution < -0.4 is 0 Å². The van der Waals surface area contributed by atoms with Gasteiger partial charge in [-0.15, -0.1) is 0 Å². The van der Waals surface area contributed by atoms with Gasteiger partial charge < -0.3 is 0 Å². The van der Waals surface area contributed by atoms with E-state index in [1.807, 2.05) is 0 Å². The van der Waals surface area contributed by atoms with Gasteiger partial charge in [-0.25, -0.2) is 0 Å². The van der Waals surface area contributed by atoms with Gasteiger partial charge >= 0.3 is 144 Å². The predicted octanol–water partition coefficient (Wildman–Crippen LogP) is 2.79. The standard InChI is InChI=1S/C6Br4Se4/c7-1-2(8)12-5(11-1)6-13-3(9)4(10)14-6. The molecule has 14 heavy (non-hydrogen) atoms. The molecule has 0 N–H and O–H groups in total. The summed E-state index contributed by atoms with van der Waals surface area (Å²) in [6.45, 7) is 0. The van der Waals surface area contributed by atoms with Gasteiger partial charge in [0.05, 0.1) is 0 Å². The summed E-state index contributed by atoms with van der Waals surface area (Å²) in [5.41, 5.74) is 0. The van der Waals surface area contributed by atoms with Crippen LogP contribution >= 0.6 is 63.7 Å². The monoisotopic (exact) mass is 707 g/mol. The number of hydrogen-bond acceptors (Lipinski definition) is 0. The predicted molar refractivity (Wildman–Crippen MR) is 79.8 cm³/mol. The molecule has 2 rings (SSSR count). The molecule has 0 saturated heterocycles. The third kappa shape index (κ3) is 3.16. The van der Waals surface area contributed by atoms with Crippen molar-refractivity contribution in [2.45, 2.75) is 0 Å². The van der Waals surface area contributed by atoms with Crippen molar-refractivity contribution in [1.82, 2.24) is 0 Å². The van der Waals surface area contributed by atoms with Crippen LogP contribution in [0.4, 0.5) is 0 Å². The van der Waals surface area contributed by atoms with E-state index in [1.165, 1.54) is 13.5 Å². The number of rotatable bonds is 0. The molecule has 0 nitrogen and oxygen atoms in total. The van der Waals surface area contributed by atoms with E-state index in [9.17, 15) is 0 Å². The van der Waals surface area contributed by atoms with E-state index >= 15 is 0 Å². The summed E-state index contributed by atoms with van der Waals surface area (Å²) in [5, 5.41) is 0. The molecular formula is C6Br4Se4. The second kappa shape index (κ2) is 5.91. The molecule has 76 valence electrons. The molecule has 0 atom stereocenters. The van der Waals surface area contributed by atoms with Crippen LogP contribution in [-0.2, 0) is 0 Å². The molecule has 0 aliphatic carbocycles. The Morgan fingerprint density at radius 2 is 0.714 bits per heavy atom. The van der Waals surface area contributed by atoms with Crippen molar-refractivity contribution in [1.29, 1.82) is 0 Å². The minimum atomic E-state index is 0.572. The fourth-order valence-electron chi connectivity index (χ4n) is 0.694. The van der Waals surface area contributed by atoms with Crippen LogP contribution in [0.5, 0.6) is 0 Å². The molecule has 0 amide bonds. The SMILES string of the molecule is BrC1=C(Br)[Se]C(=C2[Se]C(Br)=C(Br)[Se]2)[Se]1. The fourth-order valence-corrected chi connectivity index (χ4v) is 23.7. The first-order valence-corrected chi connectivity index (χ1v) is 13.2. The molecule has 0 aromatic rings. The second-order valence-electron chi connectivity index (χ2n) is 2.08. The first kappa shape index (κ1) is 13.6. The van der Waals surface area contributed by atoms with E-state index in [-0.39, 0.29) is 0 Å². The van der Waals surface area contributed by atoms with E-state index in [0.29, 0.717) is 59.8 Å². The zero-order chi connectivity index (χ0) is 10.3. The van der Waals surface area contributed by atoms with Gasteiger partial charge in [0.1, 0.15) is 0 Å². The average molecular weight is 708 g/mol. The van der Waals surface area contributed by atoms with Gasteiger partial charge in [0.15, 0.2) is 0 Å². The van der Waals surface area contributed by atoms with Crippen LogP contribution in [0.25, 0.3) is 0 Å². The van der Waals surface area contributed by atoms with E-state index in [2.05, 4.69) is 63.7 Å². The molecule has 0 unspecified atom stereocenters. The third-order valence-electron chi connectivity index (χ3n) is 1.20. The van der Waals surface area contributed by atoms with Crippen molar-refractivity contribution in [3.8, 4) is 0 Å². The maximum absolute atomic E-state index is 3.64. The summed E-state index contributed by atoms with van der Waals surface area (Å²) in [5.74, 6) is 0. The van der Waals surface area contributed by atoms with Crippen molar-refractivity contribution in [3.05, 3.63) is 20.3 Å². The first-order chi connectivity index (χ1) is 6.58. The van der Waals surface area contributed by atoms with Crippen LogP contribution in [0.15, 0.2) is 20.3 Å². The Labute approximate surface area is 141 Å². The van der Waals surface area contributed by atoms with Crippen LogP contribution in [-0.4, -0.2) is 59.8 Å². The minimum absolute atomic E-state index is 0.572. The molecule has 0 fully saturated rings. The number of hydrogen-bond donors (Lipinski definition) is 0. The molecule has 8 heteroatoms. The molecule has 0 aromatic carbocycles. The maximum atomic E-state index is 3.64. The Balaban J connectivity index is 2.17. The Morgan fingerprint density at radius 1 is 0.500 bits per heavy atom. The van der Waals surface area contributed by atoms with Crippen LogP contribution in [0, 0.1) is 0 Å². The van der Waals surface area contributed by atoms with Crippen LogP contribution in [0.3, 0.4) is 0 Å². The molecule has 2 aliphatic heterocycles. The van der Waals surface area contributed by atoms with Crippen LogP contribution in [0.1, 0.15) is 0 Å². The summed E-state index contributed by atoms with van der Waals surface area (Å²) in [6, 6.07) is 0. The molecule has 2 heterocycles.